The van der Waals surface area contributed by atoms with Gasteiger partial charge in [-0.25, -0.2) is 0 Å². The Morgan fingerprint density at radius 1 is 0.735 bits per heavy atom. The number of azo groups is 2. The first-order valence-electron chi connectivity index (χ1n) is 9.87. The zero-order chi connectivity index (χ0) is 25.0. The van der Waals surface area contributed by atoms with Crippen molar-refractivity contribution >= 4 is 44.2 Å². The average molecular weight is 485 g/mol. The summed E-state index contributed by atoms with van der Waals surface area (Å²) < 4.78 is 44.1. The highest BCUT2D eigenvalue weighted by molar-refractivity contribution is 7.86. The van der Waals surface area contributed by atoms with Gasteiger partial charge in [-0.15, -0.1) is 20.5 Å². The lowest BCUT2D eigenvalue weighted by Gasteiger charge is -2.11. The quantitative estimate of drug-likeness (QED) is 0.223. The molecule has 0 heterocycles. The van der Waals surface area contributed by atoms with Gasteiger partial charge < -0.3 is 20.9 Å². The Morgan fingerprint density at radius 3 is 1.68 bits per heavy atom. The molecule has 0 fully saturated rings. The van der Waals surface area contributed by atoms with E-state index < -0.39 is 15.0 Å². The fourth-order valence-electron chi connectivity index (χ4n) is 3.03. The summed E-state index contributed by atoms with van der Waals surface area (Å²) in [5, 5.41) is 16.4. The highest BCUT2D eigenvalue weighted by atomic mass is 32.2. The van der Waals surface area contributed by atoms with Crippen molar-refractivity contribution in [3.8, 4) is 11.5 Å². The van der Waals surface area contributed by atoms with Gasteiger partial charge in [0.25, 0.3) is 10.1 Å². The predicted octanol–water partition coefficient (Wildman–Crippen LogP) is 5.56. The summed E-state index contributed by atoms with van der Waals surface area (Å²) in [4.78, 5) is -0.628. The number of ether oxygens (including phenoxy) is 2. The monoisotopic (exact) mass is 484 g/mol. The molecule has 0 bridgehead atoms. The first-order chi connectivity index (χ1) is 16.0. The van der Waals surface area contributed by atoms with Gasteiger partial charge in [-0.3, -0.25) is 4.55 Å². The van der Waals surface area contributed by atoms with Gasteiger partial charge in [-0.1, -0.05) is 12.1 Å². The number of rotatable bonds is 7. The van der Waals surface area contributed by atoms with E-state index in [-0.39, 0.29) is 22.7 Å². The predicted molar refractivity (Wildman–Crippen MR) is 129 cm³/mol. The van der Waals surface area contributed by atoms with Crippen LogP contribution in [-0.4, -0.2) is 27.2 Å². The Bertz CT molecular complexity index is 1400. The number of hydrogen-bond donors (Lipinski definition) is 3. The molecule has 0 aliphatic rings. The number of methoxy groups -OCH3 is 2. The summed E-state index contributed by atoms with van der Waals surface area (Å²) in [6.07, 6.45) is 0. The largest absolute Gasteiger partial charge is 0.494 e. The third kappa shape index (κ3) is 5.30. The maximum Gasteiger partial charge on any atom is 0.296 e. The lowest BCUT2D eigenvalue weighted by molar-refractivity contribution is 0.415. The summed E-state index contributed by atoms with van der Waals surface area (Å²) in [7, 11) is -1.78. The third-order valence-corrected chi connectivity index (χ3v) is 5.68. The second-order valence-corrected chi connectivity index (χ2v) is 8.69. The summed E-state index contributed by atoms with van der Waals surface area (Å²) in [5.74, 6) is 0.883. The van der Waals surface area contributed by atoms with Crippen molar-refractivity contribution in [3.05, 3.63) is 53.6 Å². The van der Waals surface area contributed by atoms with Crippen LogP contribution in [0.1, 0.15) is 11.1 Å². The van der Waals surface area contributed by atoms with E-state index >= 15 is 0 Å². The highest BCUT2D eigenvalue weighted by Gasteiger charge is 2.22. The normalized spacial score (nSPS) is 11.9. The topological polar surface area (TPSA) is 174 Å². The summed E-state index contributed by atoms with van der Waals surface area (Å²) in [6, 6.07) is 11.5. The van der Waals surface area contributed by atoms with E-state index in [9.17, 15) is 13.0 Å². The first kappa shape index (κ1) is 24.6. The molecule has 0 unspecified atom stereocenters. The minimum absolute atomic E-state index is 0.0874. The molecule has 0 saturated carbocycles. The van der Waals surface area contributed by atoms with E-state index in [1.54, 1.807) is 24.3 Å². The molecule has 0 aliphatic heterocycles. The Kier molecular flexibility index (Phi) is 7.13. The zero-order valence-electron chi connectivity index (χ0n) is 19.0. The number of nitrogen functional groups attached to an aromatic ring is 2. The van der Waals surface area contributed by atoms with Crippen LogP contribution in [0.2, 0.25) is 0 Å². The standard InChI is InChI=1S/C22H24N6O5S/c1-12-5-7-17(32-3)14(9-12)25-27-16-11-19(34(29,30)31)21(24)22(20(16)23)28-26-15-10-13(2)6-8-18(15)33-4/h5-11H,23-24H2,1-4H3,(H,29,30,31)/b27-25+,28-26+. The Labute approximate surface area is 196 Å². The van der Waals surface area contributed by atoms with E-state index in [2.05, 4.69) is 20.5 Å². The molecule has 3 aromatic carbocycles. The van der Waals surface area contributed by atoms with Crippen molar-refractivity contribution < 1.29 is 22.4 Å². The zero-order valence-corrected chi connectivity index (χ0v) is 19.8. The summed E-state index contributed by atoms with van der Waals surface area (Å²) in [6.45, 7) is 3.72. The lowest BCUT2D eigenvalue weighted by Crippen LogP contribution is -2.05. The van der Waals surface area contributed by atoms with Gasteiger partial charge in [0, 0.05) is 0 Å². The van der Waals surface area contributed by atoms with Crippen LogP contribution in [0.15, 0.2) is 67.8 Å². The molecule has 0 aromatic heterocycles. The second-order valence-electron chi connectivity index (χ2n) is 7.30. The van der Waals surface area contributed by atoms with Gasteiger partial charge in [-0.2, -0.15) is 8.42 Å². The Morgan fingerprint density at radius 2 is 1.21 bits per heavy atom. The van der Waals surface area contributed by atoms with Crippen molar-refractivity contribution in [2.24, 2.45) is 20.5 Å². The molecule has 178 valence electrons. The molecule has 3 aromatic rings. The van der Waals surface area contributed by atoms with Crippen LogP contribution >= 0.6 is 0 Å². The molecule has 0 amide bonds. The number of benzene rings is 3. The SMILES string of the molecule is COc1ccc(C)cc1/N=N/c1cc(S(=O)(=O)O)c(N)c(/N=N/c2cc(C)ccc2OC)c1N. The molecule has 0 saturated heterocycles. The number of hydrogen-bond acceptors (Lipinski definition) is 10. The average Bonchev–Trinajstić information content (AvgIpc) is 2.78. The molecule has 12 heteroatoms. The number of aryl methyl sites for hydroxylation is 2. The molecule has 0 atom stereocenters. The Balaban J connectivity index is 2.18. The van der Waals surface area contributed by atoms with E-state index in [0.717, 1.165) is 17.2 Å². The second kappa shape index (κ2) is 9.85. The molecule has 0 aliphatic carbocycles. The van der Waals surface area contributed by atoms with Crippen LogP contribution in [0.25, 0.3) is 0 Å². The van der Waals surface area contributed by atoms with Crippen molar-refractivity contribution in [3.63, 3.8) is 0 Å². The number of nitrogens with zero attached hydrogens (tertiary/aromatic N) is 4. The minimum Gasteiger partial charge on any atom is -0.494 e. The van der Waals surface area contributed by atoms with Crippen molar-refractivity contribution in [2.75, 3.05) is 25.7 Å². The van der Waals surface area contributed by atoms with Crippen LogP contribution in [-0.2, 0) is 10.1 Å². The summed E-state index contributed by atoms with van der Waals surface area (Å²) in [5.41, 5.74) is 14.0. The lowest BCUT2D eigenvalue weighted by atomic mass is 10.2. The molecular weight excluding hydrogens is 460 g/mol. The van der Waals surface area contributed by atoms with Crippen LogP contribution in [0.3, 0.4) is 0 Å². The molecule has 0 radical (unpaired) electrons. The van der Waals surface area contributed by atoms with E-state index in [0.29, 0.717) is 22.9 Å². The molecule has 11 nitrogen and oxygen atoms in total. The maximum atomic E-state index is 12.0. The Hall–Kier alpha value is -4.03. The molecular formula is C22H24N6O5S. The first-order valence-corrected chi connectivity index (χ1v) is 11.3. The van der Waals surface area contributed by atoms with Gasteiger partial charge in [0.05, 0.1) is 25.6 Å². The smallest absolute Gasteiger partial charge is 0.296 e. The molecule has 3 rings (SSSR count). The van der Waals surface area contributed by atoms with E-state index in [4.69, 9.17) is 20.9 Å². The van der Waals surface area contributed by atoms with Gasteiger partial charge in [0.1, 0.15) is 39.1 Å². The van der Waals surface area contributed by atoms with Crippen molar-refractivity contribution in [2.45, 2.75) is 18.7 Å². The van der Waals surface area contributed by atoms with Crippen LogP contribution in [0, 0.1) is 13.8 Å². The van der Waals surface area contributed by atoms with E-state index in [1.807, 2.05) is 26.0 Å². The van der Waals surface area contributed by atoms with Crippen LogP contribution in [0.4, 0.5) is 34.1 Å². The minimum atomic E-state index is -4.73. The van der Waals surface area contributed by atoms with Crippen LogP contribution in [0.5, 0.6) is 11.5 Å². The molecule has 34 heavy (non-hydrogen) atoms. The van der Waals surface area contributed by atoms with Crippen LogP contribution < -0.4 is 20.9 Å². The van der Waals surface area contributed by atoms with Crippen molar-refractivity contribution in [1.82, 2.24) is 0 Å². The van der Waals surface area contributed by atoms with E-state index in [1.165, 1.54) is 14.2 Å². The number of anilines is 2. The van der Waals surface area contributed by atoms with Gasteiger partial charge in [0.2, 0.25) is 0 Å². The molecule has 5 N–H and O–H groups in total. The van der Waals surface area contributed by atoms with Gasteiger partial charge in [-0.05, 0) is 55.3 Å². The highest BCUT2D eigenvalue weighted by Crippen LogP contribution is 2.44. The molecule has 0 spiro atoms. The van der Waals surface area contributed by atoms with Crippen molar-refractivity contribution in [1.29, 1.82) is 0 Å². The fraction of sp³-hybridized carbons (Fsp3) is 0.182. The van der Waals surface area contributed by atoms with Gasteiger partial charge in [0.15, 0.2) is 0 Å². The maximum absolute atomic E-state index is 12.0. The number of nitrogens with two attached hydrogens (primary N) is 2. The third-order valence-electron chi connectivity index (χ3n) is 4.79. The fourth-order valence-corrected chi connectivity index (χ4v) is 3.67. The van der Waals surface area contributed by atoms with Gasteiger partial charge >= 0.3 is 0 Å². The summed E-state index contributed by atoms with van der Waals surface area (Å²) >= 11 is 0.